The van der Waals surface area contributed by atoms with Crippen LogP contribution in [-0.2, 0) is 4.74 Å². The van der Waals surface area contributed by atoms with Gasteiger partial charge < -0.3 is 0 Å². The van der Waals surface area contributed by atoms with E-state index in [4.69, 9.17) is 24.5 Å². The van der Waals surface area contributed by atoms with Crippen LogP contribution in [0.1, 0.15) is 6.92 Å². The van der Waals surface area contributed by atoms with E-state index in [0.29, 0.717) is 6.61 Å². The normalized spacial score (nSPS) is 16.4. The number of rotatable bonds is 6. The van der Waals surface area contributed by atoms with Crippen LogP contribution in [0.25, 0.3) is 0 Å². The van der Waals surface area contributed by atoms with Crippen molar-refractivity contribution in [3.8, 4) is 0 Å². The van der Waals surface area contributed by atoms with E-state index in [0.717, 1.165) is 0 Å². The van der Waals surface area contributed by atoms with Gasteiger partial charge in [0.25, 0.3) is 0 Å². The zero-order valence-corrected chi connectivity index (χ0v) is 8.55. The molecule has 0 saturated heterocycles. The molecule has 0 aromatic heterocycles. The molecule has 0 aromatic carbocycles. The molecule has 0 saturated carbocycles. The number of aliphatic hydroxyl groups excluding tert-OH is 1. The van der Waals surface area contributed by atoms with Crippen molar-refractivity contribution in [2.45, 2.75) is 13.0 Å². The molecule has 0 amide bonds. The van der Waals surface area contributed by atoms with E-state index in [2.05, 4.69) is 0 Å². The van der Waals surface area contributed by atoms with Crippen LogP contribution < -0.4 is 0 Å². The molecule has 1 atom stereocenters. The van der Waals surface area contributed by atoms with Gasteiger partial charge in [0.05, 0.1) is 0 Å². The molecule has 80 valence electrons. The van der Waals surface area contributed by atoms with E-state index < -0.39 is 20.2 Å². The fourth-order valence-corrected chi connectivity index (χ4v) is 1.49. The second kappa shape index (κ2) is 6.43. The number of aliphatic hydroxyl groups is 1. The Morgan fingerprint density at radius 1 is 1.38 bits per heavy atom. The Hall–Kier alpha value is -0.0300. The van der Waals surface area contributed by atoms with E-state index in [1.807, 2.05) is 6.92 Å². The van der Waals surface area contributed by atoms with Gasteiger partial charge in [-0.25, -0.2) is 0 Å². The molecule has 0 bridgehead atoms. The monoisotopic (exact) mass is 212 g/mol. The van der Waals surface area contributed by atoms with Crippen LogP contribution in [0.5, 0.6) is 0 Å². The molecule has 5 nitrogen and oxygen atoms in total. The van der Waals surface area contributed by atoms with Crippen LogP contribution >= 0.6 is 7.94 Å². The maximum absolute atomic E-state index is 9.09. The summed E-state index contributed by atoms with van der Waals surface area (Å²) in [4.78, 5) is 25.8. The Kier molecular flexibility index (Phi) is 6.41. The van der Waals surface area contributed by atoms with Crippen molar-refractivity contribution in [2.24, 2.45) is 0 Å². The van der Waals surface area contributed by atoms with Crippen LogP contribution in [0.15, 0.2) is 12.2 Å². The second-order valence-corrected chi connectivity index (χ2v) is 4.70. The molecule has 6 heteroatoms. The number of hydrogen-bond acceptors (Lipinski definition) is 5. The summed E-state index contributed by atoms with van der Waals surface area (Å²) in [6.45, 7) is 2.19. The second-order valence-electron chi connectivity index (χ2n) is 2.74. The van der Waals surface area contributed by atoms with Crippen molar-refractivity contribution in [3.63, 3.8) is 0 Å². The third-order valence-corrected chi connectivity index (χ3v) is 2.29. The van der Waals surface area contributed by atoms with Gasteiger partial charge in [-0.05, 0) is 0 Å². The van der Waals surface area contributed by atoms with Crippen LogP contribution in [0.2, 0.25) is 0 Å². The predicted octanol–water partition coefficient (Wildman–Crippen LogP) is -0.588. The summed E-state index contributed by atoms with van der Waals surface area (Å²) < 4.78 is 4.93. The molecule has 0 aliphatic carbocycles. The molecular weight excluding hydrogens is 195 g/mol. The molecule has 0 heterocycles. The fraction of sp³-hybridized carbons (Fsp3) is 0.714. The van der Waals surface area contributed by atoms with Gasteiger partial charge in [-0.3, -0.25) is 0 Å². The first-order valence-corrected chi connectivity index (χ1v) is 6.04. The van der Waals surface area contributed by atoms with Gasteiger partial charge in [0.15, 0.2) is 0 Å². The summed E-state index contributed by atoms with van der Waals surface area (Å²) in [7, 11) is -4.14. The van der Waals surface area contributed by atoms with Gasteiger partial charge in [-0.15, -0.1) is 0 Å². The predicted molar refractivity (Wildman–Crippen MR) is 51.5 cm³/mol. The van der Waals surface area contributed by atoms with Crippen molar-refractivity contribution >= 4 is 7.94 Å². The fourth-order valence-electron chi connectivity index (χ4n) is 0.743. The van der Waals surface area contributed by atoms with Crippen molar-refractivity contribution in [1.29, 1.82) is 0 Å². The molecule has 0 aliphatic heterocycles. The average Bonchev–Trinajstić information content (AvgIpc) is 1.94. The zero-order valence-electron chi connectivity index (χ0n) is 7.55. The topological polar surface area (TPSA) is 90.2 Å². The summed E-state index contributed by atoms with van der Waals surface area (Å²) >= 11 is 0. The summed E-state index contributed by atoms with van der Waals surface area (Å²) in [6.07, 6.45) is 2.11. The van der Waals surface area contributed by atoms with Gasteiger partial charge >= 0.3 is 77.0 Å². The first kappa shape index (κ1) is 13.0. The summed E-state index contributed by atoms with van der Waals surface area (Å²) in [5, 5.41) is 9.09. The molecule has 0 spiro atoms. The van der Waals surface area contributed by atoms with Crippen molar-refractivity contribution in [2.75, 3.05) is 19.4 Å². The van der Waals surface area contributed by atoms with Crippen molar-refractivity contribution in [3.05, 3.63) is 12.2 Å². The third kappa shape index (κ3) is 9.89. The van der Waals surface area contributed by atoms with Crippen molar-refractivity contribution in [1.82, 2.24) is 0 Å². The Balaban J connectivity index is 3.46. The number of hydrogen-bond donors (Lipinski definition) is 4. The van der Waals surface area contributed by atoms with Crippen LogP contribution in [0.4, 0.5) is 0 Å². The molecule has 4 N–H and O–H groups in total. The molecular formula is C7H17O5P. The molecule has 0 fully saturated rings. The van der Waals surface area contributed by atoms with Crippen LogP contribution in [0, 0.1) is 0 Å². The molecule has 0 rings (SSSR count). The van der Waals surface area contributed by atoms with E-state index in [1.165, 1.54) is 0 Å². The SMILES string of the molecule is CC=CCOCC(O)C[PH](O)(O)O. The average molecular weight is 212 g/mol. The van der Waals surface area contributed by atoms with Crippen LogP contribution in [0.3, 0.4) is 0 Å². The van der Waals surface area contributed by atoms with Crippen molar-refractivity contribution < 1.29 is 24.5 Å². The van der Waals surface area contributed by atoms with Gasteiger partial charge in [0.2, 0.25) is 0 Å². The third-order valence-electron chi connectivity index (χ3n) is 1.27. The first-order valence-electron chi connectivity index (χ1n) is 4.00. The summed E-state index contributed by atoms with van der Waals surface area (Å²) in [5.74, 6) is 0. The quantitative estimate of drug-likeness (QED) is 0.268. The maximum atomic E-state index is 9.09. The van der Waals surface area contributed by atoms with Gasteiger partial charge in [-0.2, -0.15) is 0 Å². The van der Waals surface area contributed by atoms with Gasteiger partial charge in [0.1, 0.15) is 0 Å². The Morgan fingerprint density at radius 3 is 2.46 bits per heavy atom. The van der Waals surface area contributed by atoms with Gasteiger partial charge in [-0.1, -0.05) is 0 Å². The molecule has 0 aliphatic rings. The van der Waals surface area contributed by atoms with Gasteiger partial charge in [0, 0.05) is 0 Å². The zero-order chi connectivity index (χ0) is 10.3. The minimum absolute atomic E-state index is 0.0131. The Bertz CT molecular complexity index is 153. The number of ether oxygens (including phenoxy) is 1. The minimum atomic E-state index is -4.14. The first-order chi connectivity index (χ1) is 5.95. The Morgan fingerprint density at radius 2 is 2.00 bits per heavy atom. The van der Waals surface area contributed by atoms with Crippen LogP contribution in [-0.4, -0.2) is 45.3 Å². The van der Waals surface area contributed by atoms with E-state index in [-0.39, 0.29) is 6.61 Å². The van der Waals surface area contributed by atoms with E-state index in [9.17, 15) is 0 Å². The number of allylic oxidation sites excluding steroid dienone is 1. The molecule has 0 radical (unpaired) electrons. The summed E-state index contributed by atoms with van der Waals surface area (Å²) in [5.41, 5.74) is 0. The summed E-state index contributed by atoms with van der Waals surface area (Å²) in [6, 6.07) is 0. The van der Waals surface area contributed by atoms with E-state index >= 15 is 0 Å². The Labute approximate surface area is 77.9 Å². The van der Waals surface area contributed by atoms with E-state index in [1.54, 1.807) is 12.2 Å². The molecule has 1 unspecified atom stereocenters. The standard InChI is InChI=1S/C7H17O5P/c1-2-3-4-12-5-7(8)6-13(9,10)11/h2-3,7-11,13H,4-6H2,1H3. The molecule has 0 aromatic rings. The molecule has 13 heavy (non-hydrogen) atoms.